The highest BCUT2D eigenvalue weighted by Gasteiger charge is 2.68. The van der Waals surface area contributed by atoms with Gasteiger partial charge in [-0.3, -0.25) is 28.9 Å². The SMILES string of the molecule is CC(=O)NCC(=O)O.C[C@H]1c2cccc(O)c2C(O)=C2C(=O)[C@]3(O)C(O)=C(C(N)=O)C(=O)[C@@H](N(C)C)[C@H]3[C@@H](O)[C@@H]21. The minimum absolute atomic E-state index is 0.0245. The van der Waals surface area contributed by atoms with Crippen molar-refractivity contribution in [1.82, 2.24) is 10.2 Å². The number of aliphatic carboxylic acids is 1. The van der Waals surface area contributed by atoms with Crippen molar-refractivity contribution < 1.29 is 54.6 Å². The fourth-order valence-corrected chi connectivity index (χ4v) is 5.78. The van der Waals surface area contributed by atoms with E-state index in [1.165, 1.54) is 32.0 Å². The van der Waals surface area contributed by atoms with Crippen molar-refractivity contribution in [3.8, 4) is 5.75 Å². The van der Waals surface area contributed by atoms with Gasteiger partial charge in [0.2, 0.25) is 11.7 Å². The average Bonchev–Trinajstić information content (AvgIpc) is 2.85. The molecule has 1 aromatic carbocycles. The predicted molar refractivity (Wildman–Crippen MR) is 137 cm³/mol. The molecule has 1 fully saturated rings. The molecular weight excluding hydrogens is 530 g/mol. The van der Waals surface area contributed by atoms with Gasteiger partial charge >= 0.3 is 5.97 Å². The van der Waals surface area contributed by atoms with Crippen molar-refractivity contribution in [2.75, 3.05) is 20.6 Å². The molecule has 40 heavy (non-hydrogen) atoms. The number of carboxylic acid groups (broad SMARTS) is 1. The number of aliphatic hydroxyl groups is 4. The Morgan fingerprint density at radius 2 is 1.73 bits per heavy atom. The van der Waals surface area contributed by atoms with Crippen LogP contribution in [-0.4, -0.2) is 103 Å². The number of benzene rings is 1. The molecule has 0 unspecified atom stereocenters. The number of rotatable bonds is 4. The lowest BCUT2D eigenvalue weighted by Gasteiger charge is -2.53. The van der Waals surface area contributed by atoms with Crippen LogP contribution in [0.4, 0.5) is 0 Å². The maximum absolute atomic E-state index is 13.7. The maximum atomic E-state index is 13.7. The van der Waals surface area contributed by atoms with Gasteiger partial charge in [0.05, 0.1) is 23.6 Å². The molecule has 0 spiro atoms. The highest BCUT2D eigenvalue weighted by atomic mass is 16.4. The molecule has 0 bridgehead atoms. The van der Waals surface area contributed by atoms with Crippen LogP contribution < -0.4 is 11.1 Å². The number of phenols is 1. The highest BCUT2D eigenvalue weighted by Crippen LogP contribution is 2.55. The van der Waals surface area contributed by atoms with E-state index in [0.717, 1.165) is 0 Å². The zero-order valence-electron chi connectivity index (χ0n) is 22.1. The second-order valence-electron chi connectivity index (χ2n) is 10.1. The van der Waals surface area contributed by atoms with Crippen molar-refractivity contribution in [2.24, 2.45) is 17.6 Å². The average molecular weight is 562 g/mol. The number of primary amides is 1. The molecule has 3 aliphatic carbocycles. The number of nitrogens with zero attached hydrogens (tertiary/aromatic N) is 1. The van der Waals surface area contributed by atoms with E-state index in [1.807, 2.05) is 0 Å². The third kappa shape index (κ3) is 4.59. The second kappa shape index (κ2) is 10.7. The first-order chi connectivity index (χ1) is 18.5. The molecule has 14 nitrogen and oxygen atoms in total. The van der Waals surface area contributed by atoms with Crippen LogP contribution in [0.15, 0.2) is 35.1 Å². The van der Waals surface area contributed by atoms with Gasteiger partial charge in [0.25, 0.3) is 5.91 Å². The normalized spacial score (nSPS) is 29.1. The standard InChI is InChI=1S/C22H24N2O8.C4H7NO3/c1-7-8-5-4-6-9(25)11(8)16(26)12-10(7)17(27)14-15(24(2)3)18(28)13(21(23)31)20(30)22(14,32)19(12)29;1-3(6)5-2-4(7)8/h4-7,10,14-15,17,25-27,30,32H,1-3H3,(H2,23,31);2H2,1H3,(H,5,6)(H,7,8)/t7-,10+,14-,15-,17-,22-;/m0./s1. The van der Waals surface area contributed by atoms with Crippen LogP contribution in [0.25, 0.3) is 5.76 Å². The minimum atomic E-state index is -2.89. The third-order valence-electron chi connectivity index (χ3n) is 7.48. The lowest BCUT2D eigenvalue weighted by molar-refractivity contribution is -0.169. The number of carboxylic acids is 1. The molecular formula is C26H31N3O11. The smallest absolute Gasteiger partial charge is 0.322 e. The molecule has 0 aromatic heterocycles. The van der Waals surface area contributed by atoms with E-state index in [-0.39, 0.29) is 23.8 Å². The Morgan fingerprint density at radius 1 is 1.12 bits per heavy atom. The van der Waals surface area contributed by atoms with Crippen molar-refractivity contribution in [1.29, 1.82) is 0 Å². The fourth-order valence-electron chi connectivity index (χ4n) is 5.78. The van der Waals surface area contributed by atoms with Gasteiger partial charge in [-0.1, -0.05) is 19.1 Å². The number of carbonyl (C=O) groups is 5. The number of nitrogens with two attached hydrogens (primary N) is 1. The van der Waals surface area contributed by atoms with E-state index in [9.17, 15) is 49.5 Å². The van der Waals surface area contributed by atoms with Crippen LogP contribution in [-0.2, 0) is 24.0 Å². The quantitative estimate of drug-likeness (QED) is 0.200. The Balaban J connectivity index is 0.000000482. The maximum Gasteiger partial charge on any atom is 0.322 e. The van der Waals surface area contributed by atoms with Crippen LogP contribution >= 0.6 is 0 Å². The zero-order chi connectivity index (χ0) is 30.4. The van der Waals surface area contributed by atoms with Gasteiger partial charge in [0.1, 0.15) is 29.4 Å². The number of Topliss-reactive ketones (excluding diaryl/α,β-unsaturated/α-hetero) is 2. The highest BCUT2D eigenvalue weighted by molar-refractivity contribution is 6.24. The number of carbonyl (C=O) groups excluding carboxylic acids is 4. The monoisotopic (exact) mass is 561 g/mol. The summed E-state index contributed by atoms with van der Waals surface area (Å²) in [5.41, 5.74) is 1.47. The molecule has 9 N–H and O–H groups in total. The number of ketones is 2. The Kier molecular flexibility index (Phi) is 8.11. The summed E-state index contributed by atoms with van der Waals surface area (Å²) in [4.78, 5) is 59.6. The first kappa shape index (κ1) is 30.3. The number of hydrogen-bond donors (Lipinski definition) is 8. The molecule has 14 heteroatoms. The van der Waals surface area contributed by atoms with Crippen molar-refractivity contribution in [2.45, 2.75) is 37.5 Å². The van der Waals surface area contributed by atoms with Gasteiger partial charge in [-0.05, 0) is 31.6 Å². The van der Waals surface area contributed by atoms with Crippen LogP contribution in [0.5, 0.6) is 5.75 Å². The van der Waals surface area contributed by atoms with Gasteiger partial charge in [-0.2, -0.15) is 0 Å². The van der Waals surface area contributed by atoms with E-state index in [2.05, 4.69) is 5.32 Å². The van der Waals surface area contributed by atoms with E-state index < -0.39 is 81.6 Å². The molecule has 1 saturated carbocycles. The number of amides is 2. The summed E-state index contributed by atoms with van der Waals surface area (Å²) in [6, 6.07) is 3.13. The van der Waals surface area contributed by atoms with E-state index in [1.54, 1.807) is 19.1 Å². The fraction of sp³-hybridized carbons (Fsp3) is 0.423. The summed E-state index contributed by atoms with van der Waals surface area (Å²) in [6.07, 6.45) is -1.59. The lowest BCUT2D eigenvalue weighted by atomic mass is 9.54. The Hall–Kier alpha value is -4.27. The molecule has 0 saturated heterocycles. The van der Waals surface area contributed by atoms with Gasteiger partial charge in [0, 0.05) is 18.4 Å². The number of hydrogen-bond acceptors (Lipinski definition) is 11. The molecule has 6 atom stereocenters. The van der Waals surface area contributed by atoms with Gasteiger partial charge in [-0.25, -0.2) is 0 Å². The Bertz CT molecular complexity index is 1350. The first-order valence-electron chi connectivity index (χ1n) is 12.1. The summed E-state index contributed by atoms with van der Waals surface area (Å²) in [5.74, 6) is -10.2. The second-order valence-corrected chi connectivity index (χ2v) is 10.1. The van der Waals surface area contributed by atoms with Crippen molar-refractivity contribution in [3.63, 3.8) is 0 Å². The molecule has 4 rings (SSSR count). The van der Waals surface area contributed by atoms with Crippen LogP contribution in [0.1, 0.15) is 30.9 Å². The number of nitrogens with one attached hydrogen (secondary N) is 1. The van der Waals surface area contributed by atoms with Gasteiger partial charge in [-0.15, -0.1) is 0 Å². The van der Waals surface area contributed by atoms with Gasteiger partial charge in [0.15, 0.2) is 11.4 Å². The van der Waals surface area contributed by atoms with E-state index >= 15 is 0 Å². The molecule has 0 heterocycles. The van der Waals surface area contributed by atoms with E-state index in [0.29, 0.717) is 5.56 Å². The van der Waals surface area contributed by atoms with Crippen LogP contribution in [0.2, 0.25) is 0 Å². The number of phenolic OH excluding ortho intramolecular Hbond substituents is 1. The first-order valence-corrected chi connectivity index (χ1v) is 12.1. The van der Waals surface area contributed by atoms with Crippen LogP contribution in [0.3, 0.4) is 0 Å². The Labute approximate surface area is 228 Å². The molecule has 1 aromatic rings. The van der Waals surface area contributed by atoms with Gasteiger partial charge < -0.3 is 41.7 Å². The number of fused-ring (bicyclic) bond motifs is 3. The molecule has 216 valence electrons. The Morgan fingerprint density at radius 3 is 2.20 bits per heavy atom. The molecule has 2 amide bonds. The van der Waals surface area contributed by atoms with Crippen molar-refractivity contribution >= 4 is 35.1 Å². The summed E-state index contributed by atoms with van der Waals surface area (Å²) >= 11 is 0. The molecule has 0 radical (unpaired) electrons. The van der Waals surface area contributed by atoms with Crippen molar-refractivity contribution in [3.05, 3.63) is 46.2 Å². The summed E-state index contributed by atoms with van der Waals surface area (Å²) in [7, 11) is 2.92. The largest absolute Gasteiger partial charge is 0.508 e. The summed E-state index contributed by atoms with van der Waals surface area (Å²) in [6.45, 7) is 2.65. The summed E-state index contributed by atoms with van der Waals surface area (Å²) in [5, 5.41) is 64.9. The minimum Gasteiger partial charge on any atom is -0.508 e. The summed E-state index contributed by atoms with van der Waals surface area (Å²) < 4.78 is 0. The number of aliphatic hydroxyl groups excluding tert-OH is 3. The predicted octanol–water partition coefficient (Wildman–Crippen LogP) is -1.30. The zero-order valence-corrected chi connectivity index (χ0v) is 22.1. The third-order valence-corrected chi connectivity index (χ3v) is 7.48. The van der Waals surface area contributed by atoms with E-state index in [4.69, 9.17) is 10.8 Å². The number of likely N-dealkylation sites (N-methyl/N-ethyl adjacent to an activating group) is 1. The van der Waals surface area contributed by atoms with Crippen LogP contribution in [0, 0.1) is 11.8 Å². The molecule has 3 aliphatic rings. The number of aromatic hydroxyl groups is 1. The lowest BCUT2D eigenvalue weighted by Crippen LogP contribution is -2.70. The molecule has 0 aliphatic heterocycles. The topological polar surface area (TPSA) is 248 Å².